The van der Waals surface area contributed by atoms with Gasteiger partial charge in [-0.15, -0.1) is 0 Å². The van der Waals surface area contributed by atoms with E-state index in [1.54, 1.807) is 0 Å². The van der Waals surface area contributed by atoms with Crippen molar-refractivity contribution >= 4 is 11.9 Å². The predicted octanol–water partition coefficient (Wildman–Crippen LogP) is 1.65. The molecular formula is C15H21NO3. The van der Waals surface area contributed by atoms with Gasteiger partial charge in [-0.1, -0.05) is 0 Å². The van der Waals surface area contributed by atoms with Crippen LogP contribution in [0.4, 0.5) is 0 Å². The normalized spacial score (nSPS) is 50.0. The van der Waals surface area contributed by atoms with Crippen molar-refractivity contribution in [3.8, 4) is 0 Å². The van der Waals surface area contributed by atoms with Crippen LogP contribution in [0.2, 0.25) is 0 Å². The first-order chi connectivity index (χ1) is 9.15. The summed E-state index contributed by atoms with van der Waals surface area (Å²) in [6.45, 7) is 0. The number of carbonyl (C=O) groups excluding carboxylic acids is 1. The second-order valence-corrected chi connectivity index (χ2v) is 7.04. The van der Waals surface area contributed by atoms with Gasteiger partial charge in [0.1, 0.15) is 0 Å². The Morgan fingerprint density at radius 3 is 2.26 bits per heavy atom. The maximum Gasteiger partial charge on any atom is 0.306 e. The fourth-order valence-corrected chi connectivity index (χ4v) is 4.94. The van der Waals surface area contributed by atoms with Crippen LogP contribution in [0.3, 0.4) is 0 Å². The molecule has 104 valence electrons. The fourth-order valence-electron chi connectivity index (χ4n) is 4.94. The third-order valence-electron chi connectivity index (χ3n) is 6.26. The Hall–Kier alpha value is -1.06. The third-order valence-corrected chi connectivity index (χ3v) is 6.26. The van der Waals surface area contributed by atoms with Crippen molar-refractivity contribution in [3.05, 3.63) is 0 Å². The molecule has 0 heterocycles. The van der Waals surface area contributed by atoms with Crippen molar-refractivity contribution in [2.75, 3.05) is 0 Å². The first-order valence-corrected chi connectivity index (χ1v) is 7.68. The Morgan fingerprint density at radius 1 is 0.895 bits per heavy atom. The van der Waals surface area contributed by atoms with E-state index in [1.165, 1.54) is 19.3 Å². The van der Waals surface area contributed by atoms with E-state index in [9.17, 15) is 9.59 Å². The first-order valence-electron chi connectivity index (χ1n) is 7.68. The van der Waals surface area contributed by atoms with Crippen molar-refractivity contribution in [2.45, 2.75) is 44.6 Å². The van der Waals surface area contributed by atoms with Crippen LogP contribution in [0.5, 0.6) is 0 Å². The second-order valence-electron chi connectivity index (χ2n) is 7.04. The summed E-state index contributed by atoms with van der Waals surface area (Å²) in [6.07, 6.45) is 6.44. The summed E-state index contributed by atoms with van der Waals surface area (Å²) >= 11 is 0. The van der Waals surface area contributed by atoms with Crippen LogP contribution in [-0.4, -0.2) is 23.0 Å². The van der Waals surface area contributed by atoms with Gasteiger partial charge >= 0.3 is 5.97 Å². The molecule has 0 bridgehead atoms. The molecule has 4 aliphatic rings. The van der Waals surface area contributed by atoms with E-state index in [2.05, 4.69) is 5.32 Å². The molecule has 1 amide bonds. The van der Waals surface area contributed by atoms with Crippen molar-refractivity contribution in [1.82, 2.24) is 5.32 Å². The average Bonchev–Trinajstić information content (AvgIpc) is 2.96. The topological polar surface area (TPSA) is 66.4 Å². The molecule has 4 heteroatoms. The van der Waals surface area contributed by atoms with E-state index in [1.807, 2.05) is 0 Å². The second kappa shape index (κ2) is 3.97. The predicted molar refractivity (Wildman–Crippen MR) is 68.2 cm³/mol. The van der Waals surface area contributed by atoms with E-state index >= 15 is 0 Å². The van der Waals surface area contributed by atoms with Crippen LogP contribution in [0.15, 0.2) is 0 Å². The lowest BCUT2D eigenvalue weighted by Crippen LogP contribution is -2.42. The molecule has 0 saturated heterocycles. The minimum Gasteiger partial charge on any atom is -0.481 e. The fraction of sp³-hybridized carbons (Fsp3) is 0.867. The number of aliphatic carboxylic acids is 1. The Labute approximate surface area is 112 Å². The summed E-state index contributed by atoms with van der Waals surface area (Å²) < 4.78 is 0. The maximum atomic E-state index is 12.4. The smallest absolute Gasteiger partial charge is 0.306 e. The van der Waals surface area contributed by atoms with Crippen LogP contribution in [0.1, 0.15) is 38.5 Å². The largest absolute Gasteiger partial charge is 0.481 e. The van der Waals surface area contributed by atoms with Gasteiger partial charge in [0.2, 0.25) is 5.91 Å². The molecule has 0 aromatic rings. The first kappa shape index (κ1) is 11.7. The summed E-state index contributed by atoms with van der Waals surface area (Å²) in [7, 11) is 0. The molecule has 2 N–H and O–H groups in total. The Balaban J connectivity index is 1.37. The van der Waals surface area contributed by atoms with Gasteiger partial charge < -0.3 is 10.4 Å². The number of carbonyl (C=O) groups is 2. The Morgan fingerprint density at radius 2 is 1.68 bits per heavy atom. The van der Waals surface area contributed by atoms with Gasteiger partial charge in [0.25, 0.3) is 0 Å². The van der Waals surface area contributed by atoms with Gasteiger partial charge in [0.15, 0.2) is 0 Å². The zero-order valence-electron chi connectivity index (χ0n) is 11.0. The molecule has 4 rings (SSSR count). The van der Waals surface area contributed by atoms with Crippen molar-refractivity contribution in [1.29, 1.82) is 0 Å². The molecule has 0 aliphatic heterocycles. The van der Waals surface area contributed by atoms with Gasteiger partial charge in [-0.3, -0.25) is 9.59 Å². The minimum atomic E-state index is -0.677. The SMILES string of the molecule is O=C(N[C@H]1C[C@@H](C(=O)O)[C@@H]2C[C@@H]21)C1CC[C@@H]2CC[C@H]12. The number of hydrogen-bond donors (Lipinski definition) is 2. The standard InChI is InChI=1S/C15H21NO3/c17-14(9-4-2-7-1-3-8(7)9)16-13-6-12(15(18)19)10-5-11(10)13/h7-13H,1-6H2,(H,16,17)(H,18,19)/t7-,8-,9?,10+,11-,12+,13-/m0/s1. The molecule has 7 atom stereocenters. The van der Waals surface area contributed by atoms with Crippen LogP contribution < -0.4 is 5.32 Å². The molecule has 4 aliphatic carbocycles. The Kier molecular flexibility index (Phi) is 2.45. The van der Waals surface area contributed by atoms with Crippen LogP contribution in [-0.2, 0) is 9.59 Å². The molecule has 0 aromatic heterocycles. The molecule has 0 spiro atoms. The summed E-state index contributed by atoms with van der Waals surface area (Å²) in [5, 5.41) is 12.3. The van der Waals surface area contributed by atoms with E-state index in [4.69, 9.17) is 5.11 Å². The van der Waals surface area contributed by atoms with Gasteiger partial charge in [-0.25, -0.2) is 0 Å². The highest BCUT2D eigenvalue weighted by molar-refractivity contribution is 5.80. The molecule has 4 nitrogen and oxygen atoms in total. The molecule has 0 radical (unpaired) electrons. The van der Waals surface area contributed by atoms with Gasteiger partial charge in [-0.05, 0) is 62.2 Å². The lowest BCUT2D eigenvalue weighted by Gasteiger charge is -2.34. The van der Waals surface area contributed by atoms with Gasteiger partial charge in [0, 0.05) is 12.0 Å². The molecule has 0 aromatic carbocycles. The average molecular weight is 263 g/mol. The van der Waals surface area contributed by atoms with E-state index in [0.717, 1.165) is 18.8 Å². The Bertz CT molecular complexity index is 435. The van der Waals surface area contributed by atoms with Crippen LogP contribution in [0.25, 0.3) is 0 Å². The lowest BCUT2D eigenvalue weighted by atomic mass is 9.72. The third kappa shape index (κ3) is 1.72. The number of rotatable bonds is 3. The zero-order valence-corrected chi connectivity index (χ0v) is 11.0. The summed E-state index contributed by atoms with van der Waals surface area (Å²) in [5.74, 6) is 1.77. The van der Waals surface area contributed by atoms with Gasteiger partial charge in [-0.2, -0.15) is 0 Å². The molecular weight excluding hydrogens is 242 g/mol. The monoisotopic (exact) mass is 263 g/mol. The highest BCUT2D eigenvalue weighted by Gasteiger charge is 2.57. The number of carboxylic acid groups (broad SMARTS) is 1. The van der Waals surface area contributed by atoms with Crippen LogP contribution >= 0.6 is 0 Å². The summed E-state index contributed by atoms with van der Waals surface area (Å²) in [5.41, 5.74) is 0. The molecule has 1 unspecified atom stereocenters. The highest BCUT2D eigenvalue weighted by Crippen LogP contribution is 2.56. The lowest BCUT2D eigenvalue weighted by molar-refractivity contribution is -0.142. The number of hydrogen-bond acceptors (Lipinski definition) is 2. The number of nitrogens with one attached hydrogen (secondary N) is 1. The van der Waals surface area contributed by atoms with Crippen molar-refractivity contribution in [2.24, 2.45) is 35.5 Å². The molecule has 4 fully saturated rings. The number of amides is 1. The molecule has 4 saturated carbocycles. The number of carboxylic acids is 1. The van der Waals surface area contributed by atoms with E-state index in [0.29, 0.717) is 24.2 Å². The van der Waals surface area contributed by atoms with Crippen molar-refractivity contribution in [3.63, 3.8) is 0 Å². The highest BCUT2D eigenvalue weighted by atomic mass is 16.4. The molecule has 19 heavy (non-hydrogen) atoms. The maximum absolute atomic E-state index is 12.4. The van der Waals surface area contributed by atoms with Crippen LogP contribution in [0, 0.1) is 35.5 Å². The van der Waals surface area contributed by atoms with E-state index in [-0.39, 0.29) is 23.8 Å². The van der Waals surface area contributed by atoms with Crippen molar-refractivity contribution < 1.29 is 14.7 Å². The number of fused-ring (bicyclic) bond motifs is 2. The summed E-state index contributed by atoms with van der Waals surface area (Å²) in [6, 6.07) is 0.137. The van der Waals surface area contributed by atoms with E-state index < -0.39 is 5.97 Å². The summed E-state index contributed by atoms with van der Waals surface area (Å²) in [4.78, 5) is 23.5. The minimum absolute atomic E-state index is 0.137. The quantitative estimate of drug-likeness (QED) is 0.813. The van der Waals surface area contributed by atoms with Gasteiger partial charge in [0.05, 0.1) is 5.92 Å². The zero-order chi connectivity index (χ0) is 13.1.